The number of fused-ring (bicyclic) bond motifs is 7. The number of para-hydroxylation sites is 3. The first-order valence-corrected chi connectivity index (χ1v) is 41.0. The molecular formula is C101H104N17O10+. The highest BCUT2D eigenvalue weighted by molar-refractivity contribution is 6.02. The average molecular weight is 1720 g/mol. The molecular weight excluding hydrogens is 1610 g/mol. The molecule has 0 amide bonds. The summed E-state index contributed by atoms with van der Waals surface area (Å²) in [5.74, 6) is 0.263. The van der Waals surface area contributed by atoms with Gasteiger partial charge in [-0.3, -0.25) is 50.0 Å². The standard InChI is InChI=1S/C11H11N.2C10H10N2O2.C10H12N2.2C10H10N2.C10H12N2.C10H9NO3.C10H11NO.C7H7NO2.C3H2N/c1-8-4-2-6-10-9(8)5-3-7-11(10)12;11-9-5-1-4-8-7(9)3-2-6-10(8)12(13)14;11-8-4-3-6-9-5-1-2-7-10(9)12(13)14;3*11-9-5-1-3-7-8(9)4-2-6-10(7)12;11-8-4-3-6-9-5-1-2-7-10(9)12;12-10-6-2-3-7-8(10)4-1-5-9(7)11(13)14;11-9-5-1-4-8-7(9)3-2-6-10(8)12;1-6-4-2-3-5-7(6)8(9)10;1-2-3-4/h2-7H,12H2,1H3;2-3,5-6H,1,4,11H2;1-2,5,7H,3-4,6H2;1,3,5-6H,2,4,11-12H2;2*1-6H,11-12H2;1-2,5,7H,3-4,6,12H2;1,4-5H,2-3,6H2;1,4-5H,2-3,6,11H2;2-5H,1H3;1-2H/q;;;;;;;;;;+1. The van der Waals surface area contributed by atoms with E-state index in [1.165, 1.54) is 40.8 Å². The Kier molecular flexibility index (Phi) is 38.8. The summed E-state index contributed by atoms with van der Waals surface area (Å²) >= 11 is 0. The van der Waals surface area contributed by atoms with Gasteiger partial charge in [-0.1, -0.05) is 199 Å². The van der Waals surface area contributed by atoms with Crippen molar-refractivity contribution in [1.82, 2.24) is 0 Å². The van der Waals surface area contributed by atoms with Crippen molar-refractivity contribution in [2.75, 3.05) is 45.9 Å². The monoisotopic (exact) mass is 1710 g/mol. The molecule has 13 aromatic rings. The van der Waals surface area contributed by atoms with Gasteiger partial charge in [-0.15, -0.1) is 0 Å². The van der Waals surface area contributed by atoms with E-state index in [-0.39, 0.29) is 49.1 Å². The molecule has 0 aliphatic heterocycles. The number of nitrogens with two attached hydrogens (primary N) is 10. The summed E-state index contributed by atoms with van der Waals surface area (Å²) in [4.78, 5) is 63.5. The number of aryl methyl sites for hydroxylation is 4. The van der Waals surface area contributed by atoms with Crippen LogP contribution in [0, 0.1) is 94.9 Å². The lowest BCUT2D eigenvalue weighted by atomic mass is 9.89. The fraction of sp³-hybridized carbons (Fsp3) is 0.178. The van der Waals surface area contributed by atoms with Crippen molar-refractivity contribution >= 4 is 124 Å². The maximum absolute atomic E-state index is 11.4. The zero-order valence-corrected chi connectivity index (χ0v) is 71.4. The Morgan fingerprint density at radius 3 is 1.02 bits per heavy atom. The van der Waals surface area contributed by atoms with Gasteiger partial charge in [-0.05, 0) is 167 Å². The number of rotatable bonds is 10. The number of anilines is 8. The van der Waals surface area contributed by atoms with Crippen molar-refractivity contribution in [2.45, 2.75) is 117 Å². The second-order valence-electron chi connectivity index (χ2n) is 29.4. The first-order valence-electron chi connectivity index (χ1n) is 41.0. The molecule has 4 aliphatic carbocycles. The van der Waals surface area contributed by atoms with Gasteiger partial charge in [-0.2, -0.15) is 10.5 Å². The fourth-order valence-electron chi connectivity index (χ4n) is 14.3. The molecule has 652 valence electrons. The Bertz CT molecular complexity index is 5930. The van der Waals surface area contributed by atoms with Gasteiger partial charge in [0.15, 0.2) is 11.6 Å². The predicted octanol–water partition coefficient (Wildman–Crippen LogP) is 21.0. The number of nitrogen functional groups attached to an aromatic ring is 8. The minimum atomic E-state index is -0.419. The molecule has 27 heteroatoms. The van der Waals surface area contributed by atoms with Crippen LogP contribution in [0.3, 0.4) is 0 Å². The van der Waals surface area contributed by atoms with Crippen LogP contribution in [0.25, 0.3) is 43.7 Å². The number of hydrogen-bond acceptors (Lipinski definition) is 23. The minimum absolute atomic E-state index is 0.0231. The topological polar surface area (TPSA) is 538 Å². The van der Waals surface area contributed by atoms with Crippen molar-refractivity contribution in [3.63, 3.8) is 0 Å². The van der Waals surface area contributed by atoms with E-state index in [0.29, 0.717) is 79.3 Å². The first kappa shape index (κ1) is 98.3. The van der Waals surface area contributed by atoms with Crippen LogP contribution >= 0.6 is 0 Å². The molecule has 13 aromatic carbocycles. The Morgan fingerprint density at radius 1 is 0.328 bits per heavy atom. The van der Waals surface area contributed by atoms with E-state index < -0.39 is 4.92 Å². The molecule has 0 radical (unpaired) electrons. The first-order chi connectivity index (χ1) is 61.6. The van der Waals surface area contributed by atoms with Gasteiger partial charge in [0, 0.05) is 178 Å². The van der Waals surface area contributed by atoms with E-state index in [0.717, 1.165) is 169 Å². The third kappa shape index (κ3) is 28.7. The molecule has 0 unspecified atom stereocenters. The van der Waals surface area contributed by atoms with Gasteiger partial charge in [0.1, 0.15) is 0 Å². The molecule has 0 aromatic heterocycles. The highest BCUT2D eigenvalue weighted by atomic mass is 16.6. The van der Waals surface area contributed by atoms with E-state index in [2.05, 4.69) is 43.8 Å². The Hall–Kier alpha value is -16.8. The van der Waals surface area contributed by atoms with Gasteiger partial charge in [0.05, 0.1) is 38.4 Å². The van der Waals surface area contributed by atoms with Gasteiger partial charge < -0.3 is 57.3 Å². The molecule has 0 bridgehead atoms. The Labute approximate surface area is 743 Å². The number of nitriles is 3. The number of carbonyl (C=O) groups excluding carboxylic acids is 2. The molecule has 4 aliphatic rings. The number of ketones is 2. The molecule has 0 fully saturated rings. The van der Waals surface area contributed by atoms with Crippen LogP contribution in [-0.2, 0) is 38.5 Å². The van der Waals surface area contributed by atoms with Crippen LogP contribution in [-0.4, -0.2) is 31.3 Å². The maximum atomic E-state index is 11.4. The fourth-order valence-corrected chi connectivity index (χ4v) is 14.3. The molecule has 0 saturated heterocycles. The number of Topliss-reactive ketones (excluding diaryl/α,β-unsaturated/α-hetero) is 2. The summed E-state index contributed by atoms with van der Waals surface area (Å²) in [6, 6.07) is 83.2. The number of carbonyl (C=O) groups is 2. The minimum Gasteiger partial charge on any atom is -0.399 e. The Morgan fingerprint density at radius 2 is 0.625 bits per heavy atom. The van der Waals surface area contributed by atoms with Gasteiger partial charge in [0.25, 0.3) is 22.7 Å². The molecule has 0 spiro atoms. The van der Waals surface area contributed by atoms with E-state index >= 15 is 0 Å². The summed E-state index contributed by atoms with van der Waals surface area (Å²) < 4.78 is 0. The summed E-state index contributed by atoms with van der Waals surface area (Å²) in [5.41, 5.74) is 77.0. The number of allylic oxidation sites excluding steroid dienone is 3. The van der Waals surface area contributed by atoms with E-state index in [1.807, 2.05) is 170 Å². The summed E-state index contributed by atoms with van der Waals surface area (Å²) in [7, 11) is 0. The van der Waals surface area contributed by atoms with Crippen LogP contribution in [0.4, 0.5) is 68.2 Å². The van der Waals surface area contributed by atoms with E-state index in [4.69, 9.17) is 73.1 Å². The number of benzene rings is 13. The van der Waals surface area contributed by atoms with Gasteiger partial charge >= 0.3 is 6.07 Å². The lowest BCUT2D eigenvalue weighted by Gasteiger charge is -2.16. The molecule has 0 heterocycles. The second kappa shape index (κ2) is 50.6. The van der Waals surface area contributed by atoms with E-state index in [1.54, 1.807) is 67.6 Å². The highest BCUT2D eigenvalue weighted by Gasteiger charge is 2.25. The molecule has 128 heavy (non-hydrogen) atoms. The van der Waals surface area contributed by atoms with Crippen molar-refractivity contribution in [2.24, 2.45) is 11.5 Å². The van der Waals surface area contributed by atoms with Gasteiger partial charge in [0.2, 0.25) is 6.08 Å². The SMILES string of the molecule is Cc1cccc2c(N)cccc12.Cc1ccccc1[N+](=O)[O-].N#CCCCc1ccccc1N.N#CCCCc1ccccc1[N+](=O)[O-].NC1=CCCc2c(N)cccc21.NC1=CCCc2c1cccc2[N+](=O)[O-].Nc1cccc2c(N)cccc12.Nc1cccc2c(N)cccc12.Nc1cccc2c1CCCC2=O.O=C1CCCc2c1cccc2[N+](=O)[O-].[CH+]=CC#N. The third-order valence-corrected chi connectivity index (χ3v) is 20.8. The molecule has 20 N–H and O–H groups in total. The van der Waals surface area contributed by atoms with Crippen molar-refractivity contribution in [3.8, 4) is 18.2 Å². The van der Waals surface area contributed by atoms with Crippen LogP contribution in [0.15, 0.2) is 273 Å². The summed E-state index contributed by atoms with van der Waals surface area (Å²) in [6.45, 7) is 8.36. The van der Waals surface area contributed by atoms with Crippen molar-refractivity contribution < 1.29 is 29.3 Å². The molecule has 0 saturated carbocycles. The quantitative estimate of drug-likeness (QED) is 0.0152. The number of hydrogen-bond donors (Lipinski definition) is 10. The van der Waals surface area contributed by atoms with Crippen molar-refractivity contribution in [3.05, 3.63) is 387 Å². The predicted molar refractivity (Wildman–Crippen MR) is 515 cm³/mol. The number of nitrogens with zero attached hydrogens (tertiary/aromatic N) is 7. The number of nitro benzene ring substituents is 4. The van der Waals surface area contributed by atoms with Crippen LogP contribution in [0.5, 0.6) is 0 Å². The van der Waals surface area contributed by atoms with E-state index in [9.17, 15) is 50.0 Å². The maximum Gasteiger partial charge on any atom is 0.329 e. The second-order valence-corrected chi connectivity index (χ2v) is 29.4. The summed E-state index contributed by atoms with van der Waals surface area (Å²) in [5, 5.41) is 72.8. The van der Waals surface area contributed by atoms with Crippen LogP contribution in [0.1, 0.15) is 141 Å². The van der Waals surface area contributed by atoms with Gasteiger partial charge in [-0.25, -0.2) is 0 Å². The highest BCUT2D eigenvalue weighted by Crippen LogP contribution is 2.34. The zero-order valence-electron chi connectivity index (χ0n) is 71.4. The third-order valence-electron chi connectivity index (χ3n) is 20.8. The number of nitro groups is 4. The largest absolute Gasteiger partial charge is 0.399 e. The summed E-state index contributed by atoms with van der Waals surface area (Å²) in [6.07, 6.45) is 16.9. The lowest BCUT2D eigenvalue weighted by Crippen LogP contribution is -2.12. The normalized spacial score (nSPS) is 11.8. The van der Waals surface area contributed by atoms with Crippen LogP contribution < -0.4 is 57.3 Å². The van der Waals surface area contributed by atoms with Crippen LogP contribution in [0.2, 0.25) is 0 Å². The molecule has 27 nitrogen and oxygen atoms in total. The smallest absolute Gasteiger partial charge is 0.329 e. The zero-order chi connectivity index (χ0) is 93.2. The average Bonchev–Trinajstić information content (AvgIpc) is 0.829. The Balaban J connectivity index is 0.000000194. The number of unbranched alkanes of at least 4 members (excludes halogenated alkanes) is 2. The van der Waals surface area contributed by atoms with Crippen molar-refractivity contribution in [1.29, 1.82) is 15.8 Å². The molecule has 17 rings (SSSR count). The molecule has 0 atom stereocenters. The lowest BCUT2D eigenvalue weighted by molar-refractivity contribution is -0.385.